The summed E-state index contributed by atoms with van der Waals surface area (Å²) in [6, 6.07) is 30.4. The van der Waals surface area contributed by atoms with Crippen LogP contribution in [0.1, 0.15) is 28.4 Å². The Kier molecular flexibility index (Phi) is 6.06. The van der Waals surface area contributed by atoms with Crippen LogP contribution in [0.3, 0.4) is 0 Å². The van der Waals surface area contributed by atoms with Crippen LogP contribution < -0.4 is 10.1 Å². The molecule has 0 radical (unpaired) electrons. The van der Waals surface area contributed by atoms with Crippen LogP contribution in [-0.4, -0.2) is 17.6 Å². The van der Waals surface area contributed by atoms with Gasteiger partial charge in [0.2, 0.25) is 0 Å². The van der Waals surface area contributed by atoms with Crippen LogP contribution in [0.15, 0.2) is 97.1 Å². The lowest BCUT2D eigenvalue weighted by Gasteiger charge is -2.14. The van der Waals surface area contributed by atoms with Crippen LogP contribution in [0.2, 0.25) is 0 Å². The van der Waals surface area contributed by atoms with Crippen LogP contribution in [0.4, 0.5) is 0 Å². The zero-order valence-electron chi connectivity index (χ0n) is 16.5. The molecule has 0 fully saturated rings. The van der Waals surface area contributed by atoms with Crippen LogP contribution >= 0.6 is 0 Å². The predicted molar refractivity (Wildman–Crippen MR) is 119 cm³/mol. The summed E-state index contributed by atoms with van der Waals surface area (Å²) < 4.78 is 5.75. The molecule has 0 aliphatic carbocycles. The molecule has 4 aromatic carbocycles. The summed E-state index contributed by atoms with van der Waals surface area (Å²) >= 11 is 0. The molecule has 0 bridgehead atoms. The van der Waals surface area contributed by atoms with E-state index in [1.54, 1.807) is 24.3 Å². The van der Waals surface area contributed by atoms with Crippen molar-refractivity contribution in [2.45, 2.75) is 12.5 Å². The first kappa shape index (κ1) is 19.7. The van der Waals surface area contributed by atoms with Crippen molar-refractivity contribution in [2.24, 2.45) is 0 Å². The summed E-state index contributed by atoms with van der Waals surface area (Å²) in [4.78, 5) is 12.4. The normalized spacial score (nSPS) is 11.8. The van der Waals surface area contributed by atoms with Crippen molar-refractivity contribution in [3.8, 4) is 11.5 Å². The van der Waals surface area contributed by atoms with Gasteiger partial charge >= 0.3 is 0 Å². The third-order valence-corrected chi connectivity index (χ3v) is 4.98. The number of carbonyl (C=O) groups excluding carboxylic acids is 1. The van der Waals surface area contributed by atoms with Crippen LogP contribution in [0.25, 0.3) is 10.8 Å². The molecule has 0 aliphatic heterocycles. The van der Waals surface area contributed by atoms with E-state index in [1.165, 1.54) is 0 Å². The van der Waals surface area contributed by atoms with Gasteiger partial charge in [0, 0.05) is 12.1 Å². The highest BCUT2D eigenvalue weighted by Crippen LogP contribution is 2.26. The number of aliphatic hydroxyl groups excluding tert-OH is 1. The Labute approximate surface area is 175 Å². The molecule has 0 heterocycles. The van der Waals surface area contributed by atoms with Gasteiger partial charge in [-0.25, -0.2) is 0 Å². The number of rotatable bonds is 7. The average Bonchev–Trinajstić information content (AvgIpc) is 2.79. The van der Waals surface area contributed by atoms with Crippen molar-refractivity contribution < 1.29 is 14.6 Å². The monoisotopic (exact) mass is 397 g/mol. The van der Waals surface area contributed by atoms with Gasteiger partial charge in [-0.15, -0.1) is 0 Å². The third kappa shape index (κ3) is 4.67. The summed E-state index contributed by atoms with van der Waals surface area (Å²) in [6.07, 6.45) is -0.201. The third-order valence-electron chi connectivity index (χ3n) is 4.98. The zero-order valence-corrected chi connectivity index (χ0v) is 16.5. The fourth-order valence-corrected chi connectivity index (χ4v) is 3.42. The number of aliphatic hydroxyl groups is 1. The Hall–Kier alpha value is -3.63. The van der Waals surface area contributed by atoms with Gasteiger partial charge in [-0.2, -0.15) is 0 Å². The molecule has 0 saturated heterocycles. The van der Waals surface area contributed by atoms with Crippen molar-refractivity contribution in [1.29, 1.82) is 0 Å². The zero-order chi connectivity index (χ0) is 20.8. The smallest absolute Gasteiger partial charge is 0.251 e. The topological polar surface area (TPSA) is 58.6 Å². The Morgan fingerprint density at radius 3 is 2.27 bits per heavy atom. The molecule has 4 rings (SSSR count). The minimum Gasteiger partial charge on any atom is -0.457 e. The lowest BCUT2D eigenvalue weighted by molar-refractivity contribution is 0.0943. The quantitative estimate of drug-likeness (QED) is 0.434. The number of hydrogen-bond acceptors (Lipinski definition) is 3. The standard InChI is InChI=1S/C26H23NO3/c28-25(24-12-6-8-19-7-4-5-11-23(19)24)17-18-27-26(29)20-13-15-22(16-14-20)30-21-9-2-1-3-10-21/h1-16,25,28H,17-18H2,(H,27,29). The van der Waals surface area contributed by atoms with Gasteiger partial charge < -0.3 is 15.2 Å². The molecule has 2 N–H and O–H groups in total. The molecule has 1 amide bonds. The number of carbonyl (C=O) groups is 1. The number of para-hydroxylation sites is 1. The number of fused-ring (bicyclic) bond motifs is 1. The first-order valence-corrected chi connectivity index (χ1v) is 9.97. The molecule has 4 aromatic rings. The maximum absolute atomic E-state index is 12.4. The van der Waals surface area contributed by atoms with Crippen molar-refractivity contribution in [1.82, 2.24) is 5.32 Å². The maximum atomic E-state index is 12.4. The van der Waals surface area contributed by atoms with Gasteiger partial charge in [-0.1, -0.05) is 60.7 Å². The van der Waals surface area contributed by atoms with E-state index in [0.717, 1.165) is 22.1 Å². The Morgan fingerprint density at radius 2 is 1.47 bits per heavy atom. The minimum atomic E-state index is -0.641. The Morgan fingerprint density at radius 1 is 0.800 bits per heavy atom. The molecule has 0 aromatic heterocycles. The van der Waals surface area contributed by atoms with E-state index in [9.17, 15) is 9.90 Å². The second-order valence-corrected chi connectivity index (χ2v) is 7.07. The SMILES string of the molecule is O=C(NCCC(O)c1cccc2ccccc12)c1ccc(Oc2ccccc2)cc1. The van der Waals surface area contributed by atoms with E-state index in [2.05, 4.69) is 5.32 Å². The molecule has 1 atom stereocenters. The predicted octanol–water partition coefficient (Wildman–Crippen LogP) is 5.49. The van der Waals surface area contributed by atoms with E-state index < -0.39 is 6.10 Å². The highest BCUT2D eigenvalue weighted by molar-refractivity contribution is 5.94. The fraction of sp³-hybridized carbons (Fsp3) is 0.115. The van der Waals surface area contributed by atoms with E-state index in [1.807, 2.05) is 72.8 Å². The van der Waals surface area contributed by atoms with Gasteiger partial charge in [0.1, 0.15) is 11.5 Å². The minimum absolute atomic E-state index is 0.175. The Balaban J connectivity index is 1.32. The lowest BCUT2D eigenvalue weighted by atomic mass is 9.99. The molecule has 4 nitrogen and oxygen atoms in total. The largest absolute Gasteiger partial charge is 0.457 e. The molecular formula is C26H23NO3. The van der Waals surface area contributed by atoms with Crippen molar-refractivity contribution in [3.05, 3.63) is 108 Å². The number of hydrogen-bond donors (Lipinski definition) is 2. The molecule has 0 aliphatic rings. The number of nitrogens with one attached hydrogen (secondary N) is 1. The second kappa shape index (κ2) is 9.25. The number of amides is 1. The Bertz CT molecular complexity index is 1120. The molecule has 1 unspecified atom stereocenters. The van der Waals surface area contributed by atoms with E-state index in [0.29, 0.717) is 24.3 Å². The second-order valence-electron chi connectivity index (χ2n) is 7.07. The summed E-state index contributed by atoms with van der Waals surface area (Å²) in [7, 11) is 0. The van der Waals surface area contributed by atoms with Crippen molar-refractivity contribution in [2.75, 3.05) is 6.54 Å². The summed E-state index contributed by atoms with van der Waals surface area (Å²) in [5.41, 5.74) is 1.43. The molecule has 150 valence electrons. The average molecular weight is 397 g/mol. The van der Waals surface area contributed by atoms with Gasteiger partial charge in [0.05, 0.1) is 6.10 Å². The summed E-state index contributed by atoms with van der Waals surface area (Å²) in [5.74, 6) is 1.24. The first-order valence-electron chi connectivity index (χ1n) is 9.97. The molecule has 30 heavy (non-hydrogen) atoms. The number of ether oxygens (including phenoxy) is 1. The highest BCUT2D eigenvalue weighted by atomic mass is 16.5. The van der Waals surface area contributed by atoms with Crippen LogP contribution in [-0.2, 0) is 0 Å². The summed E-state index contributed by atoms with van der Waals surface area (Å²) in [5, 5.41) is 15.6. The van der Waals surface area contributed by atoms with Crippen molar-refractivity contribution >= 4 is 16.7 Å². The van der Waals surface area contributed by atoms with E-state index in [-0.39, 0.29) is 5.91 Å². The molecule has 4 heteroatoms. The number of benzene rings is 4. The van der Waals surface area contributed by atoms with Crippen LogP contribution in [0, 0.1) is 0 Å². The summed E-state index contributed by atoms with van der Waals surface area (Å²) in [6.45, 7) is 0.380. The van der Waals surface area contributed by atoms with Crippen LogP contribution in [0.5, 0.6) is 11.5 Å². The van der Waals surface area contributed by atoms with Gasteiger partial charge in [-0.05, 0) is 59.2 Å². The molecule has 0 spiro atoms. The van der Waals surface area contributed by atoms with Gasteiger partial charge in [-0.3, -0.25) is 4.79 Å². The fourth-order valence-electron chi connectivity index (χ4n) is 3.42. The first-order chi connectivity index (χ1) is 14.7. The van der Waals surface area contributed by atoms with Crippen molar-refractivity contribution in [3.63, 3.8) is 0 Å². The lowest BCUT2D eigenvalue weighted by Crippen LogP contribution is -2.25. The molecule has 0 saturated carbocycles. The van der Waals surface area contributed by atoms with E-state index in [4.69, 9.17) is 4.74 Å². The molecular weight excluding hydrogens is 374 g/mol. The van der Waals surface area contributed by atoms with Gasteiger partial charge in [0.15, 0.2) is 0 Å². The maximum Gasteiger partial charge on any atom is 0.251 e. The van der Waals surface area contributed by atoms with Gasteiger partial charge in [0.25, 0.3) is 5.91 Å². The highest BCUT2D eigenvalue weighted by Gasteiger charge is 2.12. The van der Waals surface area contributed by atoms with E-state index >= 15 is 0 Å².